The van der Waals surface area contributed by atoms with E-state index in [0.29, 0.717) is 11.1 Å². The number of halogens is 1. The van der Waals surface area contributed by atoms with Gasteiger partial charge in [-0.15, -0.1) is 11.8 Å². The first-order valence-corrected chi connectivity index (χ1v) is 7.59. The minimum atomic E-state index is -0.332. The lowest BCUT2D eigenvalue weighted by molar-refractivity contribution is 0.298. The summed E-state index contributed by atoms with van der Waals surface area (Å²) >= 11 is 6.56. The molecule has 20 heavy (non-hydrogen) atoms. The van der Waals surface area contributed by atoms with Crippen molar-refractivity contribution in [3.05, 3.63) is 59.4 Å². The molecule has 2 aromatic carbocycles. The number of hydrogen-bond acceptors (Lipinski definition) is 3. The van der Waals surface area contributed by atoms with Gasteiger partial charge in [-0.3, -0.25) is 0 Å². The van der Waals surface area contributed by atoms with Crippen molar-refractivity contribution in [2.24, 2.45) is 5.73 Å². The lowest BCUT2D eigenvalue weighted by Gasteiger charge is -2.12. The van der Waals surface area contributed by atoms with Gasteiger partial charge >= 0.3 is 0 Å². The van der Waals surface area contributed by atoms with Gasteiger partial charge in [-0.25, -0.2) is 4.39 Å². The predicted octanol–water partition coefficient (Wildman–Crippen LogP) is 3.76. The second-order valence-corrected chi connectivity index (χ2v) is 5.39. The van der Waals surface area contributed by atoms with Crippen molar-refractivity contribution in [2.75, 3.05) is 6.26 Å². The number of nitrogens with two attached hydrogens (primary N) is 1. The summed E-state index contributed by atoms with van der Waals surface area (Å²) in [5.41, 5.74) is 6.93. The van der Waals surface area contributed by atoms with Crippen molar-refractivity contribution in [3.63, 3.8) is 0 Å². The summed E-state index contributed by atoms with van der Waals surface area (Å²) in [4.78, 5) is 1.27. The molecule has 2 aromatic rings. The fraction of sp³-hybridized carbons (Fsp3) is 0.133. The summed E-state index contributed by atoms with van der Waals surface area (Å²) in [7, 11) is 0. The van der Waals surface area contributed by atoms with Crippen molar-refractivity contribution in [1.29, 1.82) is 0 Å². The van der Waals surface area contributed by atoms with E-state index >= 15 is 0 Å². The molecule has 5 heteroatoms. The van der Waals surface area contributed by atoms with Crippen LogP contribution in [-0.2, 0) is 6.61 Å². The topological polar surface area (TPSA) is 35.2 Å². The third kappa shape index (κ3) is 3.49. The molecule has 2 rings (SSSR count). The van der Waals surface area contributed by atoms with Crippen LogP contribution < -0.4 is 10.5 Å². The minimum Gasteiger partial charge on any atom is -0.488 e. The van der Waals surface area contributed by atoms with Crippen LogP contribution in [0.4, 0.5) is 4.39 Å². The first-order chi connectivity index (χ1) is 9.61. The molecule has 0 aromatic heterocycles. The van der Waals surface area contributed by atoms with Gasteiger partial charge in [0.25, 0.3) is 0 Å². The zero-order valence-electron chi connectivity index (χ0n) is 10.9. The van der Waals surface area contributed by atoms with Crippen LogP contribution in [0.25, 0.3) is 0 Å². The first kappa shape index (κ1) is 14.8. The van der Waals surface area contributed by atoms with E-state index in [4.69, 9.17) is 22.7 Å². The zero-order valence-corrected chi connectivity index (χ0v) is 12.6. The van der Waals surface area contributed by atoms with E-state index in [2.05, 4.69) is 0 Å². The van der Waals surface area contributed by atoms with Crippen LogP contribution in [0.15, 0.2) is 47.4 Å². The molecule has 0 amide bonds. The highest BCUT2D eigenvalue weighted by Gasteiger charge is 2.09. The summed E-state index contributed by atoms with van der Waals surface area (Å²) in [6.07, 6.45) is 1.98. The molecule has 0 fully saturated rings. The molecule has 0 aliphatic carbocycles. The van der Waals surface area contributed by atoms with E-state index in [0.717, 1.165) is 10.6 Å². The summed E-state index contributed by atoms with van der Waals surface area (Å²) in [5.74, 6) is 0.430. The van der Waals surface area contributed by atoms with Gasteiger partial charge in [-0.05, 0) is 36.6 Å². The van der Waals surface area contributed by atoms with Gasteiger partial charge in [0.1, 0.15) is 23.2 Å². The summed E-state index contributed by atoms with van der Waals surface area (Å²) < 4.78 is 19.1. The van der Waals surface area contributed by atoms with Crippen molar-refractivity contribution >= 4 is 29.0 Å². The normalized spacial score (nSPS) is 10.3. The van der Waals surface area contributed by atoms with E-state index in [9.17, 15) is 4.39 Å². The molecule has 0 aliphatic rings. The highest BCUT2D eigenvalue weighted by atomic mass is 32.2. The Morgan fingerprint density at radius 3 is 2.75 bits per heavy atom. The Balaban J connectivity index is 2.22. The maximum atomic E-state index is 13.3. The van der Waals surface area contributed by atoms with Gasteiger partial charge < -0.3 is 10.5 Å². The number of rotatable bonds is 5. The van der Waals surface area contributed by atoms with Crippen LogP contribution >= 0.6 is 24.0 Å². The van der Waals surface area contributed by atoms with Gasteiger partial charge in [0.15, 0.2) is 0 Å². The quantitative estimate of drug-likeness (QED) is 0.674. The Kier molecular flexibility index (Phi) is 4.98. The molecule has 0 unspecified atom stereocenters. The summed E-state index contributed by atoms with van der Waals surface area (Å²) in [5, 5.41) is 0. The Bertz CT molecular complexity index is 631. The van der Waals surface area contributed by atoms with Crippen LogP contribution in [-0.4, -0.2) is 11.2 Å². The molecule has 0 atom stereocenters. The van der Waals surface area contributed by atoms with Crippen LogP contribution in [0.2, 0.25) is 0 Å². The first-order valence-electron chi connectivity index (χ1n) is 5.96. The Hall–Kier alpha value is -1.59. The number of benzene rings is 2. The molecular formula is C15H14FNOS2. The lowest BCUT2D eigenvalue weighted by Crippen LogP contribution is -2.14. The smallest absolute Gasteiger partial charge is 0.133 e. The van der Waals surface area contributed by atoms with E-state index in [1.807, 2.05) is 30.5 Å². The lowest BCUT2D eigenvalue weighted by atomic mass is 10.1. The number of para-hydroxylation sites is 1. The van der Waals surface area contributed by atoms with Gasteiger partial charge in [0.2, 0.25) is 0 Å². The van der Waals surface area contributed by atoms with Crippen LogP contribution in [0.3, 0.4) is 0 Å². The molecule has 0 saturated heterocycles. The predicted molar refractivity (Wildman–Crippen MR) is 84.8 cm³/mol. The molecule has 0 heterocycles. The van der Waals surface area contributed by atoms with Gasteiger partial charge in [0, 0.05) is 16.0 Å². The van der Waals surface area contributed by atoms with Gasteiger partial charge in [-0.2, -0.15) is 0 Å². The number of thiocarbonyl (C=S) groups is 1. The molecule has 0 radical (unpaired) electrons. The second-order valence-electron chi connectivity index (χ2n) is 4.11. The molecule has 0 spiro atoms. The summed E-state index contributed by atoms with van der Waals surface area (Å²) in [6.45, 7) is 0.224. The van der Waals surface area contributed by atoms with E-state index in [1.165, 1.54) is 12.1 Å². The fourth-order valence-electron chi connectivity index (χ4n) is 1.82. The highest BCUT2D eigenvalue weighted by Crippen LogP contribution is 2.28. The minimum absolute atomic E-state index is 0.224. The van der Waals surface area contributed by atoms with Crippen molar-refractivity contribution in [3.8, 4) is 5.75 Å². The van der Waals surface area contributed by atoms with Gasteiger partial charge in [-0.1, -0.05) is 24.4 Å². The second kappa shape index (κ2) is 6.72. The van der Waals surface area contributed by atoms with Crippen LogP contribution in [0.5, 0.6) is 5.75 Å². The number of thioether (sulfide) groups is 1. The standard InChI is InChI=1S/C15H14FNOS2/c1-20-14-5-3-2-4-13(14)18-9-10-8-11(16)6-7-12(10)15(17)19/h2-8H,9H2,1H3,(H2,17,19). The van der Waals surface area contributed by atoms with Crippen LogP contribution in [0.1, 0.15) is 11.1 Å². The third-order valence-corrected chi connectivity index (χ3v) is 3.78. The number of ether oxygens (including phenoxy) is 1. The Labute approximate surface area is 127 Å². The molecular weight excluding hydrogens is 293 g/mol. The maximum Gasteiger partial charge on any atom is 0.133 e. The highest BCUT2D eigenvalue weighted by molar-refractivity contribution is 7.98. The Morgan fingerprint density at radius 1 is 1.30 bits per heavy atom. The molecule has 0 bridgehead atoms. The molecule has 2 N–H and O–H groups in total. The molecule has 0 aliphatic heterocycles. The average molecular weight is 307 g/mol. The molecule has 2 nitrogen and oxygen atoms in total. The number of hydrogen-bond donors (Lipinski definition) is 1. The van der Waals surface area contributed by atoms with Crippen molar-refractivity contribution in [2.45, 2.75) is 11.5 Å². The van der Waals surface area contributed by atoms with E-state index in [-0.39, 0.29) is 17.4 Å². The largest absolute Gasteiger partial charge is 0.488 e. The van der Waals surface area contributed by atoms with Gasteiger partial charge in [0.05, 0.1) is 0 Å². The molecule has 104 valence electrons. The maximum absolute atomic E-state index is 13.3. The third-order valence-electron chi connectivity index (χ3n) is 2.78. The van der Waals surface area contributed by atoms with Crippen molar-refractivity contribution in [1.82, 2.24) is 0 Å². The fourth-order valence-corrected chi connectivity index (χ4v) is 2.56. The SMILES string of the molecule is CSc1ccccc1OCc1cc(F)ccc1C(N)=S. The molecule has 0 saturated carbocycles. The Morgan fingerprint density at radius 2 is 2.05 bits per heavy atom. The monoisotopic (exact) mass is 307 g/mol. The van der Waals surface area contributed by atoms with Crippen LogP contribution in [0, 0.1) is 5.82 Å². The van der Waals surface area contributed by atoms with E-state index < -0.39 is 0 Å². The van der Waals surface area contributed by atoms with E-state index in [1.54, 1.807) is 17.8 Å². The van der Waals surface area contributed by atoms with Crippen molar-refractivity contribution < 1.29 is 9.13 Å². The average Bonchev–Trinajstić information content (AvgIpc) is 2.45. The zero-order chi connectivity index (χ0) is 14.5. The summed E-state index contributed by atoms with van der Waals surface area (Å²) in [6, 6.07) is 12.0.